The Morgan fingerprint density at radius 1 is 1.12 bits per heavy atom. The molecule has 0 aromatic heterocycles. The maximum Gasteiger partial charge on any atom is 0.327 e. The first-order valence-corrected chi connectivity index (χ1v) is 8.14. The Morgan fingerprint density at radius 2 is 1.84 bits per heavy atom. The smallest absolute Gasteiger partial charge is 0.327 e. The molecule has 134 valence electrons. The summed E-state index contributed by atoms with van der Waals surface area (Å²) in [5.41, 5.74) is 3.21. The summed E-state index contributed by atoms with van der Waals surface area (Å²) in [4.78, 5) is 12.4. The van der Waals surface area contributed by atoms with Gasteiger partial charge in [0.25, 0.3) is 0 Å². The van der Waals surface area contributed by atoms with Crippen molar-refractivity contribution in [2.24, 2.45) is 5.84 Å². The Morgan fingerprint density at radius 3 is 2.48 bits per heavy atom. The summed E-state index contributed by atoms with van der Waals surface area (Å²) in [6, 6.07) is 14.4. The first-order chi connectivity index (χ1) is 11.9. The number of aryl methyl sites for hydroxylation is 1. The number of hydrogen-bond acceptors (Lipinski definition) is 6. The lowest BCUT2D eigenvalue weighted by atomic mass is 9.93. The van der Waals surface area contributed by atoms with E-state index in [0.717, 1.165) is 12.8 Å². The summed E-state index contributed by atoms with van der Waals surface area (Å²) in [6.07, 6.45) is 1.76. The second-order valence-electron chi connectivity index (χ2n) is 6.20. The molecule has 0 unspecified atom stereocenters. The summed E-state index contributed by atoms with van der Waals surface area (Å²) in [7, 11) is 0. The summed E-state index contributed by atoms with van der Waals surface area (Å²) >= 11 is 0. The van der Waals surface area contributed by atoms with E-state index in [-0.39, 0.29) is 17.9 Å². The molecule has 25 heavy (non-hydrogen) atoms. The highest BCUT2D eigenvalue weighted by Crippen LogP contribution is 2.27. The van der Waals surface area contributed by atoms with E-state index >= 15 is 0 Å². The zero-order chi connectivity index (χ0) is 18.3. The van der Waals surface area contributed by atoms with Crippen molar-refractivity contribution in [2.75, 3.05) is 6.61 Å². The molecule has 0 saturated heterocycles. The second kappa shape index (κ2) is 8.50. The molecular weight excluding hydrogens is 320 g/mol. The molecule has 0 saturated carbocycles. The fourth-order valence-corrected chi connectivity index (χ4v) is 2.51. The van der Waals surface area contributed by atoms with Gasteiger partial charge in [-0.3, -0.25) is 5.84 Å². The largest absolute Gasteiger partial charge is 0.504 e. The monoisotopic (exact) mass is 344 g/mol. The van der Waals surface area contributed by atoms with Gasteiger partial charge in [-0.2, -0.15) is 0 Å². The number of phenols is 2. The molecule has 2 rings (SSSR count). The number of nitrogens with one attached hydrogen (secondary N) is 1. The van der Waals surface area contributed by atoms with Crippen molar-refractivity contribution in [3.8, 4) is 11.5 Å². The lowest BCUT2D eigenvalue weighted by molar-refractivity contribution is -0.151. The van der Waals surface area contributed by atoms with Gasteiger partial charge in [-0.05, 0) is 43.0 Å². The Kier molecular flexibility index (Phi) is 6.38. The van der Waals surface area contributed by atoms with Crippen molar-refractivity contribution in [1.82, 2.24) is 5.43 Å². The third-order valence-corrected chi connectivity index (χ3v) is 4.05. The number of ether oxygens (including phenoxy) is 1. The lowest BCUT2D eigenvalue weighted by Gasteiger charge is -2.26. The molecule has 5 N–H and O–H groups in total. The van der Waals surface area contributed by atoms with Crippen LogP contribution in [-0.2, 0) is 22.4 Å². The highest BCUT2D eigenvalue weighted by molar-refractivity contribution is 5.80. The molecule has 2 aromatic rings. The SMILES string of the molecule is C[C@@](Cc1ccc(O)c(O)c1)(NN)C(=O)OCCCc1ccccc1. The van der Waals surface area contributed by atoms with Crippen LogP contribution in [0.4, 0.5) is 0 Å². The maximum absolute atomic E-state index is 12.4. The van der Waals surface area contributed by atoms with Gasteiger partial charge in [0, 0.05) is 6.42 Å². The fraction of sp³-hybridized carbons (Fsp3) is 0.316. The van der Waals surface area contributed by atoms with Crippen molar-refractivity contribution < 1.29 is 19.7 Å². The van der Waals surface area contributed by atoms with Crippen molar-refractivity contribution in [2.45, 2.75) is 31.7 Å². The van der Waals surface area contributed by atoms with E-state index < -0.39 is 11.5 Å². The van der Waals surface area contributed by atoms with Gasteiger partial charge in [0.15, 0.2) is 11.5 Å². The lowest BCUT2D eigenvalue weighted by Crippen LogP contribution is -2.55. The van der Waals surface area contributed by atoms with Crippen LogP contribution in [0, 0.1) is 0 Å². The fourth-order valence-electron chi connectivity index (χ4n) is 2.51. The number of nitrogens with two attached hydrogens (primary N) is 1. The molecule has 0 aliphatic heterocycles. The summed E-state index contributed by atoms with van der Waals surface area (Å²) < 4.78 is 5.35. The van der Waals surface area contributed by atoms with E-state index in [1.165, 1.54) is 17.7 Å². The molecule has 0 spiro atoms. The van der Waals surface area contributed by atoms with Crippen molar-refractivity contribution >= 4 is 5.97 Å². The number of hydrogen-bond donors (Lipinski definition) is 4. The van der Waals surface area contributed by atoms with Gasteiger partial charge in [-0.25, -0.2) is 10.2 Å². The molecule has 0 heterocycles. The van der Waals surface area contributed by atoms with Crippen molar-refractivity contribution in [1.29, 1.82) is 0 Å². The van der Waals surface area contributed by atoms with Gasteiger partial charge in [-0.1, -0.05) is 36.4 Å². The molecule has 0 fully saturated rings. The number of phenolic OH excluding ortho intramolecular Hbond substituents is 2. The number of rotatable bonds is 8. The number of esters is 1. The van der Waals surface area contributed by atoms with Crippen LogP contribution in [0.2, 0.25) is 0 Å². The molecule has 1 atom stereocenters. The van der Waals surface area contributed by atoms with Gasteiger partial charge in [0.2, 0.25) is 0 Å². The van der Waals surface area contributed by atoms with E-state index in [0.29, 0.717) is 12.2 Å². The first kappa shape index (κ1) is 18.8. The van der Waals surface area contributed by atoms with Gasteiger partial charge in [0.05, 0.1) is 6.61 Å². The van der Waals surface area contributed by atoms with Crippen molar-refractivity contribution in [3.63, 3.8) is 0 Å². The zero-order valence-electron chi connectivity index (χ0n) is 14.2. The Bertz CT molecular complexity index is 706. The highest BCUT2D eigenvalue weighted by atomic mass is 16.5. The predicted octanol–water partition coefficient (Wildman–Crippen LogP) is 2.04. The van der Waals surface area contributed by atoms with Crippen LogP contribution in [0.15, 0.2) is 48.5 Å². The first-order valence-electron chi connectivity index (χ1n) is 8.14. The van der Waals surface area contributed by atoms with Crippen LogP contribution in [0.5, 0.6) is 11.5 Å². The molecule has 6 nitrogen and oxygen atoms in total. The Balaban J connectivity index is 1.88. The van der Waals surface area contributed by atoms with Crippen LogP contribution in [-0.4, -0.2) is 28.3 Å². The number of carbonyl (C=O) groups excluding carboxylic acids is 1. The molecule has 0 aliphatic rings. The van der Waals surface area contributed by atoms with Crippen LogP contribution < -0.4 is 11.3 Å². The van der Waals surface area contributed by atoms with Gasteiger partial charge in [-0.15, -0.1) is 0 Å². The minimum atomic E-state index is -1.13. The summed E-state index contributed by atoms with van der Waals surface area (Å²) in [6.45, 7) is 1.93. The third kappa shape index (κ3) is 5.20. The van der Waals surface area contributed by atoms with E-state index in [4.69, 9.17) is 10.6 Å². The second-order valence-corrected chi connectivity index (χ2v) is 6.20. The average molecular weight is 344 g/mol. The minimum absolute atomic E-state index is 0.213. The van der Waals surface area contributed by atoms with E-state index in [1.807, 2.05) is 30.3 Å². The quantitative estimate of drug-likeness (QED) is 0.192. The number of benzene rings is 2. The van der Waals surface area contributed by atoms with Crippen LogP contribution in [0.1, 0.15) is 24.5 Å². The van der Waals surface area contributed by atoms with E-state index in [9.17, 15) is 15.0 Å². The van der Waals surface area contributed by atoms with Crippen LogP contribution in [0.3, 0.4) is 0 Å². The van der Waals surface area contributed by atoms with Crippen LogP contribution >= 0.6 is 0 Å². The molecule has 0 bridgehead atoms. The number of aromatic hydroxyl groups is 2. The number of carbonyl (C=O) groups is 1. The predicted molar refractivity (Wildman–Crippen MR) is 94.9 cm³/mol. The van der Waals surface area contributed by atoms with Gasteiger partial charge < -0.3 is 14.9 Å². The zero-order valence-corrected chi connectivity index (χ0v) is 14.2. The number of hydrazine groups is 1. The molecule has 0 amide bonds. The molecule has 0 aliphatic carbocycles. The summed E-state index contributed by atoms with van der Waals surface area (Å²) in [5.74, 6) is 4.64. The molecule has 6 heteroatoms. The van der Waals surface area contributed by atoms with Crippen molar-refractivity contribution in [3.05, 3.63) is 59.7 Å². The Hall–Kier alpha value is -2.57. The molecule has 2 aromatic carbocycles. The average Bonchev–Trinajstić information content (AvgIpc) is 2.62. The minimum Gasteiger partial charge on any atom is -0.504 e. The topological polar surface area (TPSA) is 105 Å². The summed E-state index contributed by atoms with van der Waals surface area (Å²) in [5, 5.41) is 18.9. The normalized spacial score (nSPS) is 13.2. The van der Waals surface area contributed by atoms with Crippen LogP contribution in [0.25, 0.3) is 0 Å². The molecule has 0 radical (unpaired) electrons. The van der Waals surface area contributed by atoms with Gasteiger partial charge in [0.1, 0.15) is 5.54 Å². The standard InChI is InChI=1S/C19H24N2O4/c1-19(21-20,13-15-9-10-16(22)17(23)12-15)18(24)25-11-5-8-14-6-3-2-4-7-14/h2-4,6-7,9-10,12,21-23H,5,8,11,13,20H2,1H3/t19-/m0/s1. The highest BCUT2D eigenvalue weighted by Gasteiger charge is 2.34. The van der Waals surface area contributed by atoms with E-state index in [1.54, 1.807) is 13.0 Å². The third-order valence-electron chi connectivity index (χ3n) is 4.05. The van der Waals surface area contributed by atoms with E-state index in [2.05, 4.69) is 5.43 Å². The Labute approximate surface area is 147 Å². The maximum atomic E-state index is 12.4. The molecular formula is C19H24N2O4. The van der Waals surface area contributed by atoms with Gasteiger partial charge >= 0.3 is 5.97 Å².